The van der Waals surface area contributed by atoms with Crippen LogP contribution in [0.2, 0.25) is 0 Å². The molecule has 96 valence electrons. The molecule has 0 bridgehead atoms. The Hall–Kier alpha value is -2.01. The monoisotopic (exact) mass is 276 g/mol. The van der Waals surface area contributed by atoms with Gasteiger partial charge in [-0.25, -0.2) is 13.8 Å². The zero-order valence-electron chi connectivity index (χ0n) is 10.1. The van der Waals surface area contributed by atoms with Crippen molar-refractivity contribution in [2.75, 3.05) is 5.32 Å². The molecule has 0 atom stereocenters. The number of aromatic nitrogens is 1. The molecule has 0 saturated heterocycles. The van der Waals surface area contributed by atoms with Gasteiger partial charge in [0, 0.05) is 0 Å². The summed E-state index contributed by atoms with van der Waals surface area (Å²) in [7, 11) is 0. The maximum atomic E-state index is 13.5. The van der Waals surface area contributed by atoms with E-state index in [0.29, 0.717) is 5.13 Å². The lowest BCUT2D eigenvalue weighted by Crippen LogP contribution is -1.96. The van der Waals surface area contributed by atoms with Crippen molar-refractivity contribution < 1.29 is 8.78 Å². The van der Waals surface area contributed by atoms with Gasteiger partial charge in [0.25, 0.3) is 0 Å². The van der Waals surface area contributed by atoms with Crippen molar-refractivity contribution in [2.24, 2.45) is 0 Å². The molecule has 0 spiro atoms. The van der Waals surface area contributed by atoms with Gasteiger partial charge in [0.2, 0.25) is 0 Å². The molecule has 3 aromatic rings. The number of nitrogens with one attached hydrogen (secondary N) is 1. The largest absolute Gasteiger partial charge is 0.327 e. The molecule has 2 nitrogen and oxygen atoms in total. The van der Waals surface area contributed by atoms with Gasteiger partial charge in [-0.2, -0.15) is 0 Å². The molecule has 0 amide bonds. The zero-order chi connectivity index (χ0) is 13.4. The van der Waals surface area contributed by atoms with Crippen LogP contribution >= 0.6 is 11.3 Å². The first kappa shape index (κ1) is 12.0. The standard InChI is InChI=1S/C14H10F2N2S/c1-8-4-2-7-11-12(8)17-14(19-11)18-13-9(15)5-3-6-10(13)16/h2-7H,1H3,(H,17,18). The lowest BCUT2D eigenvalue weighted by Gasteiger charge is -2.04. The molecule has 0 unspecified atom stereocenters. The van der Waals surface area contributed by atoms with Gasteiger partial charge in [-0.05, 0) is 30.7 Å². The van der Waals surface area contributed by atoms with E-state index in [1.54, 1.807) is 0 Å². The number of hydrogen-bond acceptors (Lipinski definition) is 3. The van der Waals surface area contributed by atoms with Crippen molar-refractivity contribution >= 4 is 32.4 Å². The van der Waals surface area contributed by atoms with Gasteiger partial charge in [0.05, 0.1) is 10.2 Å². The number of nitrogens with zero attached hydrogens (tertiary/aromatic N) is 1. The third-order valence-corrected chi connectivity index (χ3v) is 3.75. The van der Waals surface area contributed by atoms with E-state index in [9.17, 15) is 8.78 Å². The number of halogens is 2. The van der Waals surface area contributed by atoms with Crippen LogP contribution in [-0.2, 0) is 0 Å². The van der Waals surface area contributed by atoms with Gasteiger partial charge in [-0.1, -0.05) is 29.5 Å². The van der Waals surface area contributed by atoms with Gasteiger partial charge >= 0.3 is 0 Å². The Balaban J connectivity index is 2.04. The molecule has 0 aliphatic heterocycles. The van der Waals surface area contributed by atoms with Crippen LogP contribution in [0.3, 0.4) is 0 Å². The summed E-state index contributed by atoms with van der Waals surface area (Å²) in [6, 6.07) is 9.58. The van der Waals surface area contributed by atoms with Crippen molar-refractivity contribution in [1.82, 2.24) is 4.98 Å². The van der Waals surface area contributed by atoms with Crippen molar-refractivity contribution in [3.8, 4) is 0 Å². The second-order valence-electron chi connectivity index (χ2n) is 4.16. The topological polar surface area (TPSA) is 24.9 Å². The van der Waals surface area contributed by atoms with E-state index in [4.69, 9.17) is 0 Å². The second kappa shape index (κ2) is 4.59. The molecular formula is C14H10F2N2S. The summed E-state index contributed by atoms with van der Waals surface area (Å²) in [6.07, 6.45) is 0. The van der Waals surface area contributed by atoms with Gasteiger partial charge in [0.1, 0.15) is 17.3 Å². The van der Waals surface area contributed by atoms with Crippen LogP contribution in [0, 0.1) is 18.6 Å². The van der Waals surface area contributed by atoms with Gasteiger partial charge in [-0.3, -0.25) is 0 Å². The summed E-state index contributed by atoms with van der Waals surface area (Å²) in [5.41, 5.74) is 1.72. The van der Waals surface area contributed by atoms with Crippen molar-refractivity contribution in [2.45, 2.75) is 6.92 Å². The first-order valence-electron chi connectivity index (χ1n) is 5.72. The van der Waals surface area contributed by atoms with Gasteiger partial charge in [0.15, 0.2) is 5.13 Å². The molecule has 0 fully saturated rings. The molecule has 0 radical (unpaired) electrons. The number of hydrogen-bond donors (Lipinski definition) is 1. The number of aryl methyl sites for hydroxylation is 1. The summed E-state index contributed by atoms with van der Waals surface area (Å²) in [5.74, 6) is -1.26. The van der Waals surface area contributed by atoms with Crippen LogP contribution in [0.25, 0.3) is 10.2 Å². The number of fused-ring (bicyclic) bond motifs is 1. The zero-order valence-corrected chi connectivity index (χ0v) is 10.9. The summed E-state index contributed by atoms with van der Waals surface area (Å²) < 4.78 is 28.1. The molecule has 0 aliphatic rings. The van der Waals surface area contributed by atoms with Crippen LogP contribution in [0.4, 0.5) is 19.6 Å². The van der Waals surface area contributed by atoms with E-state index >= 15 is 0 Å². The van der Waals surface area contributed by atoms with E-state index in [0.717, 1.165) is 15.8 Å². The normalized spacial score (nSPS) is 10.9. The van der Waals surface area contributed by atoms with Crippen molar-refractivity contribution in [3.63, 3.8) is 0 Å². The number of rotatable bonds is 2. The average molecular weight is 276 g/mol. The fourth-order valence-electron chi connectivity index (χ4n) is 1.86. The SMILES string of the molecule is Cc1cccc2sc(Nc3c(F)cccc3F)nc12. The van der Waals surface area contributed by atoms with Crippen LogP contribution in [0.5, 0.6) is 0 Å². The lowest BCUT2D eigenvalue weighted by molar-refractivity contribution is 0.591. The molecule has 0 saturated carbocycles. The van der Waals surface area contributed by atoms with E-state index in [1.807, 2.05) is 25.1 Å². The number of benzene rings is 2. The molecule has 1 heterocycles. The fraction of sp³-hybridized carbons (Fsp3) is 0.0714. The Morgan fingerprint density at radius 1 is 1.05 bits per heavy atom. The lowest BCUT2D eigenvalue weighted by atomic mass is 10.2. The van der Waals surface area contributed by atoms with Crippen LogP contribution < -0.4 is 5.32 Å². The Morgan fingerprint density at radius 2 is 1.74 bits per heavy atom. The summed E-state index contributed by atoms with van der Waals surface area (Å²) in [6.45, 7) is 1.95. The van der Waals surface area contributed by atoms with Gasteiger partial charge in [-0.15, -0.1) is 0 Å². The highest BCUT2D eigenvalue weighted by molar-refractivity contribution is 7.22. The predicted molar refractivity (Wildman–Crippen MR) is 74.0 cm³/mol. The molecule has 19 heavy (non-hydrogen) atoms. The van der Waals surface area contributed by atoms with Crippen molar-refractivity contribution in [3.05, 3.63) is 53.6 Å². The molecule has 1 N–H and O–H groups in total. The Morgan fingerprint density at radius 3 is 2.42 bits per heavy atom. The van der Waals surface area contributed by atoms with E-state index in [-0.39, 0.29) is 5.69 Å². The van der Waals surface area contributed by atoms with Crippen LogP contribution in [-0.4, -0.2) is 4.98 Å². The fourth-order valence-corrected chi connectivity index (χ4v) is 2.81. The molecule has 5 heteroatoms. The van der Waals surface area contributed by atoms with Crippen LogP contribution in [0.1, 0.15) is 5.56 Å². The highest BCUT2D eigenvalue weighted by atomic mass is 32.1. The molecular weight excluding hydrogens is 266 g/mol. The minimum absolute atomic E-state index is 0.167. The molecule has 3 rings (SSSR count). The van der Waals surface area contributed by atoms with Gasteiger partial charge < -0.3 is 5.32 Å². The number of thiazole rings is 1. The second-order valence-corrected chi connectivity index (χ2v) is 5.19. The smallest absolute Gasteiger partial charge is 0.188 e. The molecule has 0 aliphatic carbocycles. The van der Waals surface area contributed by atoms with Crippen LogP contribution in [0.15, 0.2) is 36.4 Å². The first-order chi connectivity index (χ1) is 9.15. The maximum absolute atomic E-state index is 13.5. The molecule has 2 aromatic carbocycles. The van der Waals surface area contributed by atoms with E-state index < -0.39 is 11.6 Å². The Bertz CT molecular complexity index is 732. The number of para-hydroxylation sites is 2. The summed E-state index contributed by atoms with van der Waals surface area (Å²) >= 11 is 1.37. The predicted octanol–water partition coefficient (Wildman–Crippen LogP) is 4.63. The first-order valence-corrected chi connectivity index (χ1v) is 6.54. The maximum Gasteiger partial charge on any atom is 0.188 e. The molecule has 1 aromatic heterocycles. The quantitative estimate of drug-likeness (QED) is 0.738. The Labute approximate surface area is 112 Å². The van der Waals surface area contributed by atoms with E-state index in [2.05, 4.69) is 10.3 Å². The van der Waals surface area contributed by atoms with Crippen molar-refractivity contribution in [1.29, 1.82) is 0 Å². The third-order valence-electron chi connectivity index (χ3n) is 2.82. The summed E-state index contributed by atoms with van der Waals surface area (Å²) in [4.78, 5) is 4.36. The Kier molecular flexibility index (Phi) is 2.91. The average Bonchev–Trinajstić information content (AvgIpc) is 2.78. The van der Waals surface area contributed by atoms with E-state index in [1.165, 1.54) is 29.5 Å². The minimum atomic E-state index is -0.629. The minimum Gasteiger partial charge on any atom is -0.327 e. The number of anilines is 2. The third kappa shape index (κ3) is 2.17. The highest BCUT2D eigenvalue weighted by Gasteiger charge is 2.11. The summed E-state index contributed by atoms with van der Waals surface area (Å²) in [5, 5.41) is 3.19. The highest BCUT2D eigenvalue weighted by Crippen LogP contribution is 2.31.